The number of fused-ring (bicyclic) bond motifs is 1. The molecule has 2 aliphatic heterocycles. The first-order valence-electron chi connectivity index (χ1n) is 10.2. The predicted molar refractivity (Wildman–Crippen MR) is 102 cm³/mol. The van der Waals surface area contributed by atoms with Crippen LogP contribution in [0.25, 0.3) is 0 Å². The molecule has 0 radical (unpaired) electrons. The van der Waals surface area contributed by atoms with Crippen LogP contribution in [-0.2, 0) is 0 Å². The van der Waals surface area contributed by atoms with E-state index in [2.05, 4.69) is 10.6 Å². The van der Waals surface area contributed by atoms with Gasteiger partial charge in [-0.3, -0.25) is 19.3 Å². The first-order chi connectivity index (χ1) is 13.1. The zero-order chi connectivity index (χ0) is 18.8. The number of nitrogens with zero attached hydrogens (tertiary/aromatic N) is 1. The van der Waals surface area contributed by atoms with Gasteiger partial charge in [0.05, 0.1) is 11.1 Å². The van der Waals surface area contributed by atoms with E-state index in [4.69, 9.17) is 0 Å². The third-order valence-electron chi connectivity index (χ3n) is 6.07. The Kier molecular flexibility index (Phi) is 5.25. The quantitative estimate of drug-likeness (QED) is 0.799. The van der Waals surface area contributed by atoms with Crippen LogP contribution in [0.1, 0.15) is 76.0 Å². The zero-order valence-corrected chi connectivity index (χ0v) is 15.6. The van der Waals surface area contributed by atoms with Crippen molar-refractivity contribution in [1.82, 2.24) is 15.5 Å². The molecule has 2 fully saturated rings. The van der Waals surface area contributed by atoms with Gasteiger partial charge in [-0.25, -0.2) is 0 Å². The molecule has 0 bridgehead atoms. The molecule has 2 heterocycles. The minimum absolute atomic E-state index is 0.00206. The molecule has 6 nitrogen and oxygen atoms in total. The number of rotatable bonds is 4. The molecule has 0 spiro atoms. The minimum Gasteiger partial charge on any atom is -0.352 e. The third-order valence-corrected chi connectivity index (χ3v) is 6.07. The molecule has 1 saturated heterocycles. The summed E-state index contributed by atoms with van der Waals surface area (Å²) < 4.78 is 0. The van der Waals surface area contributed by atoms with Crippen molar-refractivity contribution in [2.75, 3.05) is 19.6 Å². The molecule has 4 rings (SSSR count). The summed E-state index contributed by atoms with van der Waals surface area (Å²) in [4.78, 5) is 39.5. The molecule has 1 aliphatic carbocycles. The van der Waals surface area contributed by atoms with E-state index in [1.165, 1.54) is 11.3 Å². The van der Waals surface area contributed by atoms with Crippen molar-refractivity contribution < 1.29 is 14.4 Å². The highest BCUT2D eigenvalue weighted by atomic mass is 16.2. The van der Waals surface area contributed by atoms with Gasteiger partial charge >= 0.3 is 0 Å². The van der Waals surface area contributed by atoms with E-state index in [9.17, 15) is 14.4 Å². The van der Waals surface area contributed by atoms with Crippen LogP contribution in [0.3, 0.4) is 0 Å². The smallest absolute Gasteiger partial charge is 0.261 e. The zero-order valence-electron chi connectivity index (χ0n) is 15.6. The molecular weight excluding hydrogens is 342 g/mol. The lowest BCUT2D eigenvalue weighted by Gasteiger charge is -2.29. The standard InChI is InChI=1S/C21H27N3O3/c25-19(23-13-14-5-4-10-22-12-14)15-8-9-17-18(11-15)21(27)24(20(17)26)16-6-2-1-3-7-16/h8-9,11,14,16,22H,1-7,10,12-13H2,(H,23,25). The van der Waals surface area contributed by atoms with E-state index < -0.39 is 0 Å². The lowest BCUT2D eigenvalue weighted by Crippen LogP contribution is -2.40. The second-order valence-corrected chi connectivity index (χ2v) is 7.95. The van der Waals surface area contributed by atoms with Crippen LogP contribution in [0.15, 0.2) is 18.2 Å². The summed E-state index contributed by atoms with van der Waals surface area (Å²) >= 11 is 0. The van der Waals surface area contributed by atoms with E-state index >= 15 is 0 Å². The summed E-state index contributed by atoms with van der Waals surface area (Å²) in [6, 6.07) is 4.88. The summed E-state index contributed by atoms with van der Waals surface area (Å²) in [6.07, 6.45) is 7.29. The second-order valence-electron chi connectivity index (χ2n) is 7.95. The molecular formula is C21H27N3O3. The Bertz CT molecular complexity index is 749. The molecule has 3 aliphatic rings. The number of benzene rings is 1. The Balaban J connectivity index is 1.46. The molecule has 0 aromatic heterocycles. The van der Waals surface area contributed by atoms with Gasteiger partial charge in [0.1, 0.15) is 0 Å². The molecule has 6 heteroatoms. The van der Waals surface area contributed by atoms with Gasteiger partial charge < -0.3 is 10.6 Å². The lowest BCUT2D eigenvalue weighted by molar-refractivity contribution is 0.0549. The maximum absolute atomic E-state index is 12.9. The van der Waals surface area contributed by atoms with E-state index in [1.807, 2.05) is 0 Å². The molecule has 144 valence electrons. The highest BCUT2D eigenvalue weighted by Gasteiger charge is 2.40. The largest absolute Gasteiger partial charge is 0.352 e. The fourth-order valence-corrected chi connectivity index (χ4v) is 4.51. The number of nitrogens with one attached hydrogen (secondary N) is 2. The van der Waals surface area contributed by atoms with Crippen molar-refractivity contribution in [3.8, 4) is 0 Å². The molecule has 3 amide bonds. The molecule has 1 aromatic carbocycles. The SMILES string of the molecule is O=C(NCC1CCCNC1)c1ccc2c(c1)C(=O)N(C1CCCCC1)C2=O. The average Bonchev–Trinajstić information content (AvgIpc) is 2.97. The Hall–Kier alpha value is -2.21. The van der Waals surface area contributed by atoms with Crippen LogP contribution in [0.2, 0.25) is 0 Å². The summed E-state index contributed by atoms with van der Waals surface area (Å²) in [5, 5.41) is 6.31. The number of carbonyl (C=O) groups excluding carboxylic acids is 3. The number of hydrogen-bond acceptors (Lipinski definition) is 4. The van der Waals surface area contributed by atoms with Gasteiger partial charge in [-0.15, -0.1) is 0 Å². The maximum Gasteiger partial charge on any atom is 0.261 e. The summed E-state index contributed by atoms with van der Waals surface area (Å²) in [6.45, 7) is 2.60. The van der Waals surface area contributed by atoms with Crippen LogP contribution >= 0.6 is 0 Å². The van der Waals surface area contributed by atoms with Gasteiger partial charge in [-0.05, 0) is 62.9 Å². The Morgan fingerprint density at radius 1 is 1.04 bits per heavy atom. The van der Waals surface area contributed by atoms with E-state index in [0.29, 0.717) is 29.2 Å². The van der Waals surface area contributed by atoms with Crippen molar-refractivity contribution in [2.24, 2.45) is 5.92 Å². The number of piperidine rings is 1. The Labute approximate surface area is 159 Å². The van der Waals surface area contributed by atoms with Crippen molar-refractivity contribution in [3.05, 3.63) is 34.9 Å². The van der Waals surface area contributed by atoms with E-state index in [0.717, 1.165) is 51.6 Å². The van der Waals surface area contributed by atoms with Gasteiger partial charge in [-0.1, -0.05) is 19.3 Å². The van der Waals surface area contributed by atoms with Crippen molar-refractivity contribution in [3.63, 3.8) is 0 Å². The molecule has 1 aromatic rings. The van der Waals surface area contributed by atoms with Gasteiger partial charge in [-0.2, -0.15) is 0 Å². The number of carbonyl (C=O) groups is 3. The van der Waals surface area contributed by atoms with E-state index in [-0.39, 0.29) is 23.8 Å². The van der Waals surface area contributed by atoms with Gasteiger partial charge in [0.15, 0.2) is 0 Å². The van der Waals surface area contributed by atoms with Gasteiger partial charge in [0, 0.05) is 18.2 Å². The lowest BCUT2D eigenvalue weighted by atomic mass is 9.94. The molecule has 2 N–H and O–H groups in total. The first kappa shape index (κ1) is 18.2. The highest BCUT2D eigenvalue weighted by molar-refractivity contribution is 6.22. The summed E-state index contributed by atoms with van der Waals surface area (Å²) in [5.74, 6) is -0.183. The summed E-state index contributed by atoms with van der Waals surface area (Å²) in [7, 11) is 0. The van der Waals surface area contributed by atoms with Gasteiger partial charge in [0.25, 0.3) is 17.7 Å². The fourth-order valence-electron chi connectivity index (χ4n) is 4.51. The molecule has 1 unspecified atom stereocenters. The topological polar surface area (TPSA) is 78.5 Å². The molecule has 1 saturated carbocycles. The van der Waals surface area contributed by atoms with Crippen LogP contribution in [0, 0.1) is 5.92 Å². The first-order valence-corrected chi connectivity index (χ1v) is 10.2. The van der Waals surface area contributed by atoms with Crippen molar-refractivity contribution in [2.45, 2.75) is 51.0 Å². The molecule has 27 heavy (non-hydrogen) atoms. The van der Waals surface area contributed by atoms with Crippen molar-refractivity contribution >= 4 is 17.7 Å². The van der Waals surface area contributed by atoms with Crippen LogP contribution in [-0.4, -0.2) is 48.3 Å². The number of amides is 3. The normalized spacial score (nSPS) is 23.4. The predicted octanol–water partition coefficient (Wildman–Crippen LogP) is 2.34. The average molecular weight is 369 g/mol. The Morgan fingerprint density at radius 3 is 2.56 bits per heavy atom. The van der Waals surface area contributed by atoms with Gasteiger partial charge in [0.2, 0.25) is 0 Å². The molecule has 1 atom stereocenters. The van der Waals surface area contributed by atoms with Crippen molar-refractivity contribution in [1.29, 1.82) is 0 Å². The van der Waals surface area contributed by atoms with E-state index in [1.54, 1.807) is 18.2 Å². The van der Waals surface area contributed by atoms with Crippen LogP contribution in [0.5, 0.6) is 0 Å². The Morgan fingerprint density at radius 2 is 1.81 bits per heavy atom. The van der Waals surface area contributed by atoms with Crippen LogP contribution < -0.4 is 10.6 Å². The summed E-state index contributed by atoms with van der Waals surface area (Å²) in [5.41, 5.74) is 1.25. The monoisotopic (exact) mass is 369 g/mol. The fraction of sp³-hybridized carbons (Fsp3) is 0.571. The van der Waals surface area contributed by atoms with Crippen LogP contribution in [0.4, 0.5) is 0 Å². The number of imide groups is 1. The second kappa shape index (κ2) is 7.80. The highest BCUT2D eigenvalue weighted by Crippen LogP contribution is 2.31. The minimum atomic E-state index is -0.243. The third kappa shape index (κ3) is 3.63. The number of hydrogen-bond donors (Lipinski definition) is 2. The maximum atomic E-state index is 12.9.